The van der Waals surface area contributed by atoms with Crippen molar-refractivity contribution in [3.8, 4) is 0 Å². The summed E-state index contributed by atoms with van der Waals surface area (Å²) in [6.07, 6.45) is 3.56. The summed E-state index contributed by atoms with van der Waals surface area (Å²) in [7, 11) is 0. The zero-order chi connectivity index (χ0) is 14.4. The minimum absolute atomic E-state index is 0.0622. The van der Waals surface area contributed by atoms with Crippen molar-refractivity contribution in [2.45, 2.75) is 25.7 Å². The number of likely N-dealkylation sites (tertiary alicyclic amines) is 1. The van der Waals surface area contributed by atoms with E-state index in [9.17, 15) is 9.18 Å². The average molecular weight is 299 g/mol. The molecular weight excluding hydrogens is 279 g/mol. The molecule has 1 aliphatic heterocycles. The molecule has 0 aliphatic carbocycles. The Kier molecular flexibility index (Phi) is 5.80. The van der Waals surface area contributed by atoms with Crippen molar-refractivity contribution in [3.63, 3.8) is 0 Å². The second kappa shape index (κ2) is 7.60. The van der Waals surface area contributed by atoms with Gasteiger partial charge in [0, 0.05) is 11.6 Å². The first-order valence-electron chi connectivity index (χ1n) is 7.08. The second-order valence-electron chi connectivity index (χ2n) is 5.16. The van der Waals surface area contributed by atoms with E-state index in [4.69, 9.17) is 11.6 Å². The number of hydrogen-bond donors (Lipinski definition) is 1. The maximum absolute atomic E-state index is 13.5. The number of carbonyl (C=O) groups excluding carboxylic acids is 1. The molecule has 0 spiro atoms. The summed E-state index contributed by atoms with van der Waals surface area (Å²) in [6, 6.07) is 4.39. The second-order valence-corrected chi connectivity index (χ2v) is 5.60. The van der Waals surface area contributed by atoms with Crippen molar-refractivity contribution in [1.29, 1.82) is 0 Å². The van der Waals surface area contributed by atoms with Gasteiger partial charge in [0.25, 0.3) is 0 Å². The van der Waals surface area contributed by atoms with Crippen molar-refractivity contribution in [3.05, 3.63) is 34.6 Å². The van der Waals surface area contributed by atoms with Crippen LogP contribution in [0.25, 0.3) is 0 Å². The van der Waals surface area contributed by atoms with Gasteiger partial charge in [-0.05, 0) is 56.6 Å². The van der Waals surface area contributed by atoms with Crippen molar-refractivity contribution >= 4 is 17.5 Å². The molecule has 0 saturated carbocycles. The average Bonchev–Trinajstić information content (AvgIpc) is 2.91. The van der Waals surface area contributed by atoms with Gasteiger partial charge in [0.05, 0.1) is 6.42 Å². The van der Waals surface area contributed by atoms with E-state index < -0.39 is 5.82 Å². The molecule has 1 aliphatic rings. The highest BCUT2D eigenvalue weighted by Gasteiger charge is 2.11. The van der Waals surface area contributed by atoms with Gasteiger partial charge in [-0.25, -0.2) is 4.39 Å². The fourth-order valence-corrected chi connectivity index (χ4v) is 2.60. The molecule has 1 fully saturated rings. The zero-order valence-corrected chi connectivity index (χ0v) is 12.3. The zero-order valence-electron chi connectivity index (χ0n) is 11.5. The molecule has 0 radical (unpaired) electrons. The number of carbonyl (C=O) groups is 1. The van der Waals surface area contributed by atoms with Gasteiger partial charge in [-0.3, -0.25) is 4.79 Å². The number of benzene rings is 1. The maximum Gasteiger partial charge on any atom is 0.224 e. The molecule has 2 rings (SSSR count). The Labute approximate surface area is 124 Å². The molecule has 0 bridgehead atoms. The summed E-state index contributed by atoms with van der Waals surface area (Å²) >= 11 is 5.67. The molecule has 0 aromatic heterocycles. The Morgan fingerprint density at radius 2 is 2.10 bits per heavy atom. The lowest BCUT2D eigenvalue weighted by molar-refractivity contribution is -0.120. The SMILES string of the molecule is O=C(Cc1ccc(Cl)cc1F)NCCCN1CCCC1. The Bertz CT molecular complexity index is 461. The Hall–Kier alpha value is -1.13. The lowest BCUT2D eigenvalue weighted by Crippen LogP contribution is -2.29. The van der Waals surface area contributed by atoms with Gasteiger partial charge < -0.3 is 10.2 Å². The van der Waals surface area contributed by atoms with Crippen LogP contribution >= 0.6 is 11.6 Å². The van der Waals surface area contributed by atoms with Gasteiger partial charge in [-0.15, -0.1) is 0 Å². The van der Waals surface area contributed by atoms with E-state index in [1.165, 1.54) is 32.0 Å². The largest absolute Gasteiger partial charge is 0.356 e. The Morgan fingerprint density at radius 1 is 1.35 bits per heavy atom. The first-order valence-corrected chi connectivity index (χ1v) is 7.46. The van der Waals surface area contributed by atoms with E-state index in [0.717, 1.165) is 13.0 Å². The number of amides is 1. The highest BCUT2D eigenvalue weighted by molar-refractivity contribution is 6.30. The highest BCUT2D eigenvalue weighted by Crippen LogP contribution is 2.15. The summed E-state index contributed by atoms with van der Waals surface area (Å²) in [4.78, 5) is 14.1. The molecule has 3 nitrogen and oxygen atoms in total. The molecular formula is C15H20ClFN2O. The number of halogens is 2. The number of nitrogens with one attached hydrogen (secondary N) is 1. The summed E-state index contributed by atoms with van der Waals surface area (Å²) in [5.41, 5.74) is 0.381. The molecule has 20 heavy (non-hydrogen) atoms. The Balaban J connectivity index is 1.67. The van der Waals surface area contributed by atoms with E-state index in [2.05, 4.69) is 10.2 Å². The fraction of sp³-hybridized carbons (Fsp3) is 0.533. The molecule has 0 unspecified atom stereocenters. The Morgan fingerprint density at radius 3 is 2.80 bits per heavy atom. The number of hydrogen-bond acceptors (Lipinski definition) is 2. The predicted octanol–water partition coefficient (Wildman–Crippen LogP) is 2.62. The summed E-state index contributed by atoms with van der Waals surface area (Å²) in [6.45, 7) is 4.01. The van der Waals surface area contributed by atoms with Gasteiger partial charge >= 0.3 is 0 Å². The van der Waals surface area contributed by atoms with Crippen molar-refractivity contribution in [2.24, 2.45) is 0 Å². The van der Waals surface area contributed by atoms with Crippen LogP contribution in [0.1, 0.15) is 24.8 Å². The quantitative estimate of drug-likeness (QED) is 0.819. The van der Waals surface area contributed by atoms with Gasteiger partial charge in [-0.1, -0.05) is 17.7 Å². The molecule has 1 saturated heterocycles. The molecule has 1 amide bonds. The summed E-state index contributed by atoms with van der Waals surface area (Å²) in [5.74, 6) is -0.572. The van der Waals surface area contributed by atoms with Crippen LogP contribution in [-0.2, 0) is 11.2 Å². The van der Waals surface area contributed by atoms with Crippen LogP contribution in [0.15, 0.2) is 18.2 Å². The van der Waals surface area contributed by atoms with Crippen LogP contribution < -0.4 is 5.32 Å². The minimum Gasteiger partial charge on any atom is -0.356 e. The molecule has 110 valence electrons. The van der Waals surface area contributed by atoms with Gasteiger partial charge in [-0.2, -0.15) is 0 Å². The lowest BCUT2D eigenvalue weighted by Gasteiger charge is -2.14. The lowest BCUT2D eigenvalue weighted by atomic mass is 10.1. The predicted molar refractivity (Wildman–Crippen MR) is 78.4 cm³/mol. The molecule has 1 heterocycles. The van der Waals surface area contributed by atoms with Crippen LogP contribution in [0.4, 0.5) is 4.39 Å². The molecule has 1 N–H and O–H groups in total. The summed E-state index contributed by atoms with van der Waals surface area (Å²) in [5, 5.41) is 3.18. The monoisotopic (exact) mass is 298 g/mol. The maximum atomic E-state index is 13.5. The van der Waals surface area contributed by atoms with Gasteiger partial charge in [0.15, 0.2) is 0 Å². The smallest absolute Gasteiger partial charge is 0.224 e. The topological polar surface area (TPSA) is 32.3 Å². The van der Waals surface area contributed by atoms with E-state index in [1.54, 1.807) is 12.1 Å². The van der Waals surface area contributed by atoms with E-state index in [0.29, 0.717) is 17.1 Å². The molecule has 1 aromatic rings. The third-order valence-electron chi connectivity index (χ3n) is 3.54. The van der Waals surface area contributed by atoms with E-state index in [-0.39, 0.29) is 12.3 Å². The van der Waals surface area contributed by atoms with E-state index >= 15 is 0 Å². The number of nitrogens with zero attached hydrogens (tertiary/aromatic N) is 1. The van der Waals surface area contributed by atoms with Crippen LogP contribution in [-0.4, -0.2) is 37.0 Å². The van der Waals surface area contributed by atoms with Crippen LogP contribution in [0.2, 0.25) is 5.02 Å². The van der Waals surface area contributed by atoms with Crippen molar-refractivity contribution < 1.29 is 9.18 Å². The third-order valence-corrected chi connectivity index (χ3v) is 3.77. The third kappa shape index (κ3) is 4.76. The molecule has 0 atom stereocenters. The van der Waals surface area contributed by atoms with Gasteiger partial charge in [0.1, 0.15) is 5.82 Å². The molecule has 1 aromatic carbocycles. The normalized spacial score (nSPS) is 15.5. The fourth-order valence-electron chi connectivity index (χ4n) is 2.44. The molecule has 5 heteroatoms. The van der Waals surface area contributed by atoms with Crippen molar-refractivity contribution in [2.75, 3.05) is 26.2 Å². The van der Waals surface area contributed by atoms with Gasteiger partial charge in [0.2, 0.25) is 5.91 Å². The minimum atomic E-state index is -0.426. The first-order chi connectivity index (χ1) is 9.65. The highest BCUT2D eigenvalue weighted by atomic mass is 35.5. The standard InChI is InChI=1S/C15H20ClFN2O/c16-13-5-4-12(14(17)11-13)10-15(20)18-6-3-9-19-7-1-2-8-19/h4-5,11H,1-3,6-10H2,(H,18,20). The first kappa shape index (κ1) is 15.3. The van der Waals surface area contributed by atoms with Crippen molar-refractivity contribution in [1.82, 2.24) is 10.2 Å². The van der Waals surface area contributed by atoms with E-state index in [1.807, 2.05) is 0 Å². The van der Waals surface area contributed by atoms with Crippen LogP contribution in [0.5, 0.6) is 0 Å². The summed E-state index contributed by atoms with van der Waals surface area (Å²) < 4.78 is 13.5. The van der Waals surface area contributed by atoms with Crippen LogP contribution in [0.3, 0.4) is 0 Å². The van der Waals surface area contributed by atoms with Crippen LogP contribution in [0, 0.1) is 5.82 Å². The number of rotatable bonds is 6.